The summed E-state index contributed by atoms with van der Waals surface area (Å²) in [5.41, 5.74) is 4.34. The minimum atomic E-state index is 0.625. The Labute approximate surface area is 98.8 Å². The largest absolute Gasteiger partial charge is 0.302 e. The van der Waals surface area contributed by atoms with Crippen molar-refractivity contribution in [2.75, 3.05) is 20.1 Å². The van der Waals surface area contributed by atoms with Gasteiger partial charge in [0.2, 0.25) is 0 Å². The van der Waals surface area contributed by atoms with Crippen molar-refractivity contribution in [3.05, 3.63) is 41.5 Å². The Bertz CT molecular complexity index is 373. The Morgan fingerprint density at radius 1 is 1.12 bits per heavy atom. The smallest absolute Gasteiger partial charge is 0.0166 e. The van der Waals surface area contributed by atoms with Gasteiger partial charge >= 0.3 is 0 Å². The van der Waals surface area contributed by atoms with Crippen LogP contribution in [0.1, 0.15) is 37.3 Å². The second kappa shape index (κ2) is 4.84. The third-order valence-electron chi connectivity index (χ3n) is 3.36. The molecule has 0 saturated heterocycles. The van der Waals surface area contributed by atoms with Gasteiger partial charge in [0.25, 0.3) is 0 Å². The molecule has 1 heterocycles. The number of nitrogens with zero attached hydrogens (tertiary/aromatic N) is 1. The summed E-state index contributed by atoms with van der Waals surface area (Å²) in [7, 11) is 2.18. The topological polar surface area (TPSA) is 3.24 Å². The second-order valence-electron chi connectivity index (χ2n) is 5.02. The van der Waals surface area contributed by atoms with Gasteiger partial charge in [0.15, 0.2) is 0 Å². The minimum absolute atomic E-state index is 0.625. The lowest BCUT2D eigenvalue weighted by atomic mass is 9.96. The van der Waals surface area contributed by atoms with E-state index in [0.717, 1.165) is 6.54 Å². The summed E-state index contributed by atoms with van der Waals surface area (Å²) in [5.74, 6) is 0.625. The molecule has 0 aliphatic carbocycles. The van der Waals surface area contributed by atoms with E-state index in [2.05, 4.69) is 56.1 Å². The highest BCUT2D eigenvalue weighted by molar-refractivity contribution is 5.66. The van der Waals surface area contributed by atoms with Crippen LogP contribution in [0.3, 0.4) is 0 Å². The highest BCUT2D eigenvalue weighted by Crippen LogP contribution is 2.23. The molecule has 0 atom stereocenters. The van der Waals surface area contributed by atoms with Gasteiger partial charge in [0.05, 0.1) is 0 Å². The van der Waals surface area contributed by atoms with E-state index in [0.29, 0.717) is 5.92 Å². The molecule has 1 aliphatic rings. The van der Waals surface area contributed by atoms with Crippen molar-refractivity contribution in [3.63, 3.8) is 0 Å². The van der Waals surface area contributed by atoms with Crippen molar-refractivity contribution in [1.29, 1.82) is 0 Å². The SMILES string of the molecule is CC(C)c1ccc(C2=CCN(C)CC2)cc1. The van der Waals surface area contributed by atoms with Crippen molar-refractivity contribution in [1.82, 2.24) is 4.90 Å². The van der Waals surface area contributed by atoms with Crippen molar-refractivity contribution in [2.24, 2.45) is 0 Å². The monoisotopic (exact) mass is 215 g/mol. The van der Waals surface area contributed by atoms with E-state index in [9.17, 15) is 0 Å². The summed E-state index contributed by atoms with van der Waals surface area (Å²) in [5, 5.41) is 0. The van der Waals surface area contributed by atoms with Crippen molar-refractivity contribution in [3.8, 4) is 0 Å². The Morgan fingerprint density at radius 3 is 2.31 bits per heavy atom. The third-order valence-corrected chi connectivity index (χ3v) is 3.36. The lowest BCUT2D eigenvalue weighted by Gasteiger charge is -2.22. The quantitative estimate of drug-likeness (QED) is 0.729. The molecule has 0 bridgehead atoms. The standard InChI is InChI=1S/C15H21N/c1-12(2)13-4-6-14(7-5-13)15-8-10-16(3)11-9-15/h4-8,12H,9-11H2,1-3H3. The molecule has 2 rings (SSSR count). The first-order chi connectivity index (χ1) is 7.66. The van der Waals surface area contributed by atoms with Crippen LogP contribution in [0.2, 0.25) is 0 Å². The number of benzene rings is 1. The molecule has 0 saturated carbocycles. The summed E-state index contributed by atoms with van der Waals surface area (Å²) in [4.78, 5) is 2.35. The molecule has 1 nitrogen and oxygen atoms in total. The molecule has 0 unspecified atom stereocenters. The van der Waals surface area contributed by atoms with E-state index in [-0.39, 0.29) is 0 Å². The Balaban J connectivity index is 2.16. The van der Waals surface area contributed by atoms with E-state index in [1.54, 1.807) is 0 Å². The normalized spacial score (nSPS) is 17.6. The minimum Gasteiger partial charge on any atom is -0.302 e. The van der Waals surface area contributed by atoms with Gasteiger partial charge < -0.3 is 4.90 Å². The molecule has 0 aromatic heterocycles. The molecule has 16 heavy (non-hydrogen) atoms. The van der Waals surface area contributed by atoms with Gasteiger partial charge in [-0.25, -0.2) is 0 Å². The maximum absolute atomic E-state index is 2.36. The summed E-state index contributed by atoms with van der Waals surface area (Å²) >= 11 is 0. The summed E-state index contributed by atoms with van der Waals surface area (Å²) in [6.45, 7) is 6.74. The van der Waals surface area contributed by atoms with Crippen LogP contribution in [-0.2, 0) is 0 Å². The van der Waals surface area contributed by atoms with Gasteiger partial charge in [-0.15, -0.1) is 0 Å². The van der Waals surface area contributed by atoms with E-state index in [1.807, 2.05) is 0 Å². The average molecular weight is 215 g/mol. The van der Waals surface area contributed by atoms with Crippen molar-refractivity contribution in [2.45, 2.75) is 26.2 Å². The van der Waals surface area contributed by atoms with Gasteiger partial charge in [-0.1, -0.05) is 44.2 Å². The zero-order valence-corrected chi connectivity index (χ0v) is 10.5. The third kappa shape index (κ3) is 2.53. The van der Waals surface area contributed by atoms with Gasteiger partial charge in [-0.05, 0) is 36.1 Å². The van der Waals surface area contributed by atoms with Crippen LogP contribution in [0, 0.1) is 0 Å². The fourth-order valence-electron chi connectivity index (χ4n) is 2.11. The second-order valence-corrected chi connectivity index (χ2v) is 5.02. The predicted octanol–water partition coefficient (Wildman–Crippen LogP) is 3.53. The van der Waals surface area contributed by atoms with E-state index in [4.69, 9.17) is 0 Å². The zero-order chi connectivity index (χ0) is 11.5. The Hall–Kier alpha value is -1.08. The van der Waals surface area contributed by atoms with Gasteiger partial charge in [0, 0.05) is 13.1 Å². The van der Waals surface area contributed by atoms with Crippen LogP contribution in [-0.4, -0.2) is 25.0 Å². The first-order valence-corrected chi connectivity index (χ1v) is 6.14. The summed E-state index contributed by atoms with van der Waals surface area (Å²) in [6.07, 6.45) is 3.53. The fourth-order valence-corrected chi connectivity index (χ4v) is 2.11. The van der Waals surface area contributed by atoms with Crippen LogP contribution in [0.15, 0.2) is 30.3 Å². The van der Waals surface area contributed by atoms with Crippen LogP contribution in [0.5, 0.6) is 0 Å². The molecule has 1 aromatic carbocycles. The molecule has 0 amide bonds. The van der Waals surface area contributed by atoms with E-state index < -0.39 is 0 Å². The molecule has 86 valence electrons. The Morgan fingerprint density at radius 2 is 1.81 bits per heavy atom. The molecule has 0 spiro atoms. The number of rotatable bonds is 2. The molecule has 1 aromatic rings. The number of hydrogen-bond donors (Lipinski definition) is 0. The van der Waals surface area contributed by atoms with E-state index in [1.165, 1.54) is 29.7 Å². The van der Waals surface area contributed by atoms with Gasteiger partial charge in [-0.3, -0.25) is 0 Å². The predicted molar refractivity (Wildman–Crippen MR) is 70.6 cm³/mol. The van der Waals surface area contributed by atoms with Crippen LogP contribution < -0.4 is 0 Å². The van der Waals surface area contributed by atoms with E-state index >= 15 is 0 Å². The molecule has 0 fully saturated rings. The lowest BCUT2D eigenvalue weighted by molar-refractivity contribution is 0.370. The molecule has 1 heteroatoms. The van der Waals surface area contributed by atoms with Crippen LogP contribution in [0.4, 0.5) is 0 Å². The van der Waals surface area contributed by atoms with Crippen LogP contribution >= 0.6 is 0 Å². The average Bonchev–Trinajstić information content (AvgIpc) is 2.30. The molecular weight excluding hydrogens is 194 g/mol. The van der Waals surface area contributed by atoms with Gasteiger partial charge in [-0.2, -0.15) is 0 Å². The number of likely N-dealkylation sites (N-methyl/N-ethyl adjacent to an activating group) is 1. The Kier molecular flexibility index (Phi) is 3.45. The summed E-state index contributed by atoms with van der Waals surface area (Å²) < 4.78 is 0. The highest BCUT2D eigenvalue weighted by atomic mass is 15.1. The van der Waals surface area contributed by atoms with Crippen LogP contribution in [0.25, 0.3) is 5.57 Å². The summed E-state index contributed by atoms with van der Waals surface area (Å²) in [6, 6.07) is 9.07. The fraction of sp³-hybridized carbons (Fsp3) is 0.467. The first kappa shape index (κ1) is 11.4. The van der Waals surface area contributed by atoms with Gasteiger partial charge in [0.1, 0.15) is 0 Å². The molecular formula is C15H21N. The van der Waals surface area contributed by atoms with Crippen molar-refractivity contribution < 1.29 is 0 Å². The van der Waals surface area contributed by atoms with Crippen molar-refractivity contribution >= 4 is 5.57 Å². The number of hydrogen-bond acceptors (Lipinski definition) is 1. The molecule has 0 N–H and O–H groups in total. The first-order valence-electron chi connectivity index (χ1n) is 6.14. The maximum atomic E-state index is 2.36. The lowest BCUT2D eigenvalue weighted by Crippen LogP contribution is -2.23. The molecule has 0 radical (unpaired) electrons. The zero-order valence-electron chi connectivity index (χ0n) is 10.5. The molecule has 1 aliphatic heterocycles. The maximum Gasteiger partial charge on any atom is 0.0166 e. The highest BCUT2D eigenvalue weighted by Gasteiger charge is 2.09.